The molecule has 0 saturated carbocycles. The molecule has 3 aliphatic rings. The van der Waals surface area contributed by atoms with Gasteiger partial charge in [-0.3, -0.25) is 19.3 Å². The van der Waals surface area contributed by atoms with Gasteiger partial charge in [0.2, 0.25) is 11.8 Å². The van der Waals surface area contributed by atoms with Crippen molar-refractivity contribution in [2.75, 3.05) is 30.0 Å². The molecule has 6 N–H and O–H groups in total. The first kappa shape index (κ1) is 46.4. The van der Waals surface area contributed by atoms with Gasteiger partial charge in [0.1, 0.15) is 29.9 Å². The number of aliphatic hydroxyl groups is 1. The van der Waals surface area contributed by atoms with E-state index in [4.69, 9.17) is 20.2 Å². The molecule has 10 rings (SSSR count). The summed E-state index contributed by atoms with van der Waals surface area (Å²) < 4.78 is 13.7. The average molecular weight is 966 g/mol. The Bertz CT molecular complexity index is 3200. The lowest BCUT2D eigenvalue weighted by Crippen LogP contribution is -2.55. The van der Waals surface area contributed by atoms with Gasteiger partial charge in [-0.05, 0) is 65.6 Å². The van der Waals surface area contributed by atoms with Crippen LogP contribution >= 0.6 is 11.3 Å². The van der Waals surface area contributed by atoms with Crippen LogP contribution in [-0.2, 0) is 24.5 Å². The monoisotopic (exact) mass is 965 g/mol. The van der Waals surface area contributed by atoms with E-state index >= 15 is 19.2 Å². The van der Waals surface area contributed by atoms with Crippen molar-refractivity contribution in [1.82, 2.24) is 20.5 Å². The van der Waals surface area contributed by atoms with Crippen LogP contribution in [0.1, 0.15) is 64.5 Å². The largest absolute Gasteiger partial charge is 0.491 e. The predicted molar refractivity (Wildman–Crippen MR) is 267 cm³/mol. The number of cyclic esters (lactones) is 1. The highest BCUT2D eigenvalue weighted by atomic mass is 32.1. The molecule has 7 aromatic rings. The molecular weight excluding hydrogens is 919 g/mol. The summed E-state index contributed by atoms with van der Waals surface area (Å²) in [4.78, 5) is 82.9. The van der Waals surface area contributed by atoms with Crippen LogP contribution in [0.5, 0.6) is 5.75 Å². The number of hydrogen-bond acceptors (Lipinski definition) is 11. The van der Waals surface area contributed by atoms with Crippen molar-refractivity contribution >= 4 is 62.2 Å². The second-order valence-electron chi connectivity index (χ2n) is 17.3. The van der Waals surface area contributed by atoms with Gasteiger partial charge in [-0.25, -0.2) is 19.5 Å². The normalized spacial score (nSPS) is 21.6. The van der Waals surface area contributed by atoms with Gasteiger partial charge < -0.3 is 36.3 Å². The number of nitrogens with zero attached hydrogens (tertiary/aromatic N) is 3. The fourth-order valence-corrected chi connectivity index (χ4v) is 11.3. The summed E-state index contributed by atoms with van der Waals surface area (Å²) >= 11 is 1.23. The number of ether oxygens (including phenoxy) is 2. The molecule has 15 nitrogen and oxygen atoms in total. The lowest BCUT2D eigenvalue weighted by molar-refractivity contribution is -0.177. The van der Waals surface area contributed by atoms with Gasteiger partial charge in [0.25, 0.3) is 0 Å². The molecule has 1 spiro atoms. The second-order valence-corrected chi connectivity index (χ2v) is 18.4. The Balaban J connectivity index is 1.27. The lowest BCUT2D eigenvalue weighted by Gasteiger charge is -2.46. The molecule has 0 bridgehead atoms. The first-order valence-corrected chi connectivity index (χ1v) is 23.8. The van der Waals surface area contributed by atoms with Crippen LogP contribution in [0.3, 0.4) is 0 Å². The first-order chi connectivity index (χ1) is 34.6. The number of aromatic nitrogens is 1. The van der Waals surface area contributed by atoms with Crippen molar-refractivity contribution in [3.63, 3.8) is 0 Å². The van der Waals surface area contributed by atoms with E-state index in [1.165, 1.54) is 11.3 Å². The minimum absolute atomic E-state index is 0.102. The van der Waals surface area contributed by atoms with Gasteiger partial charge in [0.15, 0.2) is 5.13 Å². The summed E-state index contributed by atoms with van der Waals surface area (Å²) in [5, 5.41) is 18.9. The maximum Gasteiger partial charge on any atom is 0.329 e. The van der Waals surface area contributed by atoms with Crippen LogP contribution in [0.15, 0.2) is 158 Å². The van der Waals surface area contributed by atoms with Gasteiger partial charge in [0, 0.05) is 11.1 Å². The Morgan fingerprint density at radius 2 is 1.54 bits per heavy atom. The summed E-state index contributed by atoms with van der Waals surface area (Å²) in [6.07, 6.45) is -0.976. The number of carbonyl (C=O) groups excluding carboxylic acids is 5. The first-order valence-electron chi connectivity index (χ1n) is 23.0. The highest BCUT2D eigenvalue weighted by molar-refractivity contribution is 7.22. The van der Waals surface area contributed by atoms with Gasteiger partial charge >= 0.3 is 18.0 Å². The van der Waals surface area contributed by atoms with E-state index in [0.717, 1.165) is 15.2 Å². The number of thiazole rings is 1. The predicted octanol–water partition coefficient (Wildman–Crippen LogP) is 7.46. The van der Waals surface area contributed by atoms with Crippen molar-refractivity contribution in [3.8, 4) is 17.6 Å². The van der Waals surface area contributed by atoms with Crippen LogP contribution in [0, 0.1) is 17.8 Å². The van der Waals surface area contributed by atoms with Gasteiger partial charge in [0.05, 0.1) is 53.1 Å². The van der Waals surface area contributed by atoms with E-state index in [0.29, 0.717) is 27.8 Å². The summed E-state index contributed by atoms with van der Waals surface area (Å²) in [7, 11) is 0. The molecule has 6 aromatic carbocycles. The highest BCUT2D eigenvalue weighted by Gasteiger charge is 2.76. The Morgan fingerprint density at radius 3 is 2.25 bits per heavy atom. The summed E-state index contributed by atoms with van der Waals surface area (Å²) in [5.41, 5.74) is 7.08. The number of urea groups is 2. The Kier molecular flexibility index (Phi) is 12.8. The van der Waals surface area contributed by atoms with Crippen molar-refractivity contribution in [2.45, 2.75) is 42.6 Å². The zero-order chi connectivity index (χ0) is 49.2. The number of primary amides is 1. The van der Waals surface area contributed by atoms with Gasteiger partial charge in [-0.2, -0.15) is 0 Å². The number of benzene rings is 6. The number of morpholine rings is 1. The molecule has 2 saturated heterocycles. The molecule has 16 heteroatoms. The van der Waals surface area contributed by atoms with Crippen LogP contribution in [0.4, 0.5) is 20.4 Å². The SMILES string of the molecule is C[C@@H](NC(=O)N1C(=O)[C@@]2(c3cc(C#CCNC(N)=O)ccc31)[C@H](c1ccccc1OCCO)N1[C@H](c3ccccc3)[C@H](c3ccccc3)OC(=O)[C@H]1[C@@H]2C(=O)Nc1nc2ccccc2s1)c1ccccc1. The number of hydrogen-bond donors (Lipinski definition) is 5. The van der Waals surface area contributed by atoms with E-state index in [1.54, 1.807) is 49.4 Å². The maximum absolute atomic E-state index is 16.8. The number of aliphatic hydroxyl groups excluding tert-OH is 1. The molecule has 356 valence electrons. The lowest BCUT2D eigenvalue weighted by atomic mass is 9.65. The maximum atomic E-state index is 16.8. The number of fused-ring (bicyclic) bond motifs is 4. The van der Waals surface area contributed by atoms with E-state index < -0.39 is 71.5 Å². The van der Waals surface area contributed by atoms with Crippen molar-refractivity contribution in [2.24, 2.45) is 11.7 Å². The summed E-state index contributed by atoms with van der Waals surface area (Å²) in [5.74, 6) is 2.26. The average Bonchev–Trinajstić information content (AvgIpc) is 4.03. The molecule has 0 radical (unpaired) electrons. The van der Waals surface area contributed by atoms with E-state index in [1.807, 2.05) is 120 Å². The minimum atomic E-state index is -2.16. The number of nitrogens with one attached hydrogen (secondary N) is 3. The Hall–Kier alpha value is -8.36. The number of esters is 1. The third kappa shape index (κ3) is 8.39. The fraction of sp³-hybridized carbons (Fsp3) is 0.200. The second kappa shape index (κ2) is 19.6. The number of para-hydroxylation sites is 2. The third-order valence-electron chi connectivity index (χ3n) is 13.3. The molecule has 1 aromatic heterocycles. The van der Waals surface area contributed by atoms with Crippen LogP contribution in [0.2, 0.25) is 0 Å². The number of rotatable bonds is 11. The Morgan fingerprint density at radius 1 is 0.859 bits per heavy atom. The van der Waals surface area contributed by atoms with E-state index in [2.05, 4.69) is 27.8 Å². The van der Waals surface area contributed by atoms with E-state index in [-0.39, 0.29) is 41.9 Å². The molecule has 3 aliphatic heterocycles. The van der Waals surface area contributed by atoms with Gasteiger partial charge in [-0.15, -0.1) is 0 Å². The minimum Gasteiger partial charge on any atom is -0.491 e. The number of amides is 6. The summed E-state index contributed by atoms with van der Waals surface area (Å²) in [6, 6.07) is 41.5. The van der Waals surface area contributed by atoms with Crippen LogP contribution < -0.4 is 31.3 Å². The molecule has 4 heterocycles. The van der Waals surface area contributed by atoms with Crippen molar-refractivity contribution in [3.05, 3.63) is 191 Å². The zero-order valence-electron chi connectivity index (χ0n) is 38.2. The Labute approximate surface area is 412 Å². The standard InChI is InChI=1S/C55H47N7O8S/c1-33(35-17-5-2-6-18-35)58-54(68)61-41-28-27-34(16-15-29-57-52(56)67)32-39(41)55(51(61)66)44(49(64)60-53-59-40-24-12-14-26-43(40)71-53)46-50(65)70-47(37-21-9-4-10-22-37)45(36-19-7-3-8-20-36)62(46)48(55)38-23-11-13-25-42(38)69-31-30-63/h2-14,17-28,32-33,44-48,63H,29-31H2,1H3,(H,58,68)(H3,56,57,67)(H,59,60,64)/t33-,44-,45-,46-,47+,48+,55-/m1/s1. The number of carbonyl (C=O) groups is 5. The van der Waals surface area contributed by atoms with Crippen LogP contribution in [0.25, 0.3) is 10.2 Å². The third-order valence-corrected chi connectivity index (χ3v) is 14.2. The molecule has 7 atom stereocenters. The zero-order valence-corrected chi connectivity index (χ0v) is 39.0. The van der Waals surface area contributed by atoms with Crippen molar-refractivity contribution < 1.29 is 38.6 Å². The number of nitrogens with two attached hydrogens (primary N) is 1. The molecule has 2 fully saturated rings. The molecular formula is C55H47N7O8S. The smallest absolute Gasteiger partial charge is 0.329 e. The van der Waals surface area contributed by atoms with E-state index in [9.17, 15) is 9.90 Å². The summed E-state index contributed by atoms with van der Waals surface area (Å²) in [6.45, 7) is 1.22. The topological polar surface area (TPSA) is 206 Å². The molecule has 0 aliphatic carbocycles. The molecule has 0 unspecified atom stereocenters. The van der Waals surface area contributed by atoms with Crippen molar-refractivity contribution in [1.29, 1.82) is 0 Å². The molecule has 71 heavy (non-hydrogen) atoms. The molecule has 6 amide bonds. The number of anilines is 2. The number of imide groups is 1. The van der Waals surface area contributed by atoms with Gasteiger partial charge in [-0.1, -0.05) is 145 Å². The fourth-order valence-electron chi connectivity index (χ4n) is 10.4. The quantitative estimate of drug-likeness (QED) is 0.0639. The van der Waals surface area contributed by atoms with Crippen LogP contribution in [-0.4, -0.2) is 70.6 Å². The highest BCUT2D eigenvalue weighted by Crippen LogP contribution is 2.66.